The van der Waals surface area contributed by atoms with Crippen LogP contribution in [0.2, 0.25) is 0 Å². The van der Waals surface area contributed by atoms with Crippen LogP contribution in [-0.2, 0) is 32.1 Å². The van der Waals surface area contributed by atoms with Crippen molar-refractivity contribution in [3.05, 3.63) is 76.7 Å². The molecule has 3 heterocycles. The van der Waals surface area contributed by atoms with Crippen molar-refractivity contribution in [2.75, 3.05) is 20.2 Å². The largest absolute Gasteiger partial charge is 0.384 e. The van der Waals surface area contributed by atoms with Gasteiger partial charge in [0.15, 0.2) is 0 Å². The van der Waals surface area contributed by atoms with Crippen molar-refractivity contribution >= 4 is 22.7 Å². The molecule has 2 atom stereocenters. The van der Waals surface area contributed by atoms with E-state index in [1.165, 1.54) is 17.5 Å². The normalized spacial score (nSPS) is 26.0. The lowest BCUT2D eigenvalue weighted by Crippen LogP contribution is -2.55. The van der Waals surface area contributed by atoms with E-state index in [0.29, 0.717) is 37.0 Å². The number of aliphatic hydroxyl groups is 1. The molecule has 216 valence electrons. The lowest BCUT2D eigenvalue weighted by Gasteiger charge is -2.50. The van der Waals surface area contributed by atoms with Crippen LogP contribution < -0.4 is 5.32 Å². The molecule has 2 aliphatic heterocycles. The van der Waals surface area contributed by atoms with Crippen molar-refractivity contribution < 1.29 is 23.8 Å². The van der Waals surface area contributed by atoms with E-state index in [0.717, 1.165) is 19.4 Å². The van der Waals surface area contributed by atoms with Crippen molar-refractivity contribution in [1.29, 1.82) is 0 Å². The number of methoxy groups -OCH3 is 1. The molecule has 0 radical (unpaired) electrons. The van der Waals surface area contributed by atoms with Crippen molar-refractivity contribution in [1.82, 2.24) is 15.2 Å². The summed E-state index contributed by atoms with van der Waals surface area (Å²) in [6.07, 6.45) is 5.86. The Morgan fingerprint density at radius 3 is 2.51 bits per heavy atom. The number of ether oxygens (including phenoxy) is 1. The van der Waals surface area contributed by atoms with E-state index in [4.69, 9.17) is 4.74 Å². The number of hydrogen-bond acceptors (Lipinski definition) is 6. The van der Waals surface area contributed by atoms with Crippen LogP contribution in [0.1, 0.15) is 80.5 Å². The number of benzene rings is 2. The fourth-order valence-electron chi connectivity index (χ4n) is 7.04. The van der Waals surface area contributed by atoms with Crippen molar-refractivity contribution in [2.45, 2.75) is 76.0 Å². The number of imide groups is 1. The average molecular weight is 560 g/mol. The van der Waals surface area contributed by atoms with Gasteiger partial charge in [-0.3, -0.25) is 24.8 Å². The molecule has 3 fully saturated rings. The second-order valence-corrected chi connectivity index (χ2v) is 12.7. The number of rotatable bonds is 6. The third kappa shape index (κ3) is 4.76. The Kier molecular flexibility index (Phi) is 6.99. The van der Waals surface area contributed by atoms with E-state index < -0.39 is 22.8 Å². The molecule has 2 amide bonds. The molecule has 8 heteroatoms. The second kappa shape index (κ2) is 10.3. The summed E-state index contributed by atoms with van der Waals surface area (Å²) in [7, 11) is 1.79. The molecule has 2 N–H and O–H groups in total. The third-order valence-corrected chi connectivity index (χ3v) is 9.87. The number of piperidine rings is 2. The van der Waals surface area contributed by atoms with Crippen LogP contribution in [0.25, 0.3) is 10.9 Å². The van der Waals surface area contributed by atoms with Crippen molar-refractivity contribution in [3.63, 3.8) is 0 Å². The van der Waals surface area contributed by atoms with Gasteiger partial charge in [0, 0.05) is 55.7 Å². The summed E-state index contributed by atoms with van der Waals surface area (Å²) in [5.74, 6) is -1.75. The monoisotopic (exact) mass is 559 g/mol. The number of pyridine rings is 1. The van der Waals surface area contributed by atoms with E-state index in [-0.39, 0.29) is 34.8 Å². The van der Waals surface area contributed by atoms with Gasteiger partial charge in [-0.1, -0.05) is 44.2 Å². The van der Waals surface area contributed by atoms with Gasteiger partial charge >= 0.3 is 0 Å². The van der Waals surface area contributed by atoms with Gasteiger partial charge in [-0.05, 0) is 60.9 Å². The number of hydrogen-bond donors (Lipinski definition) is 2. The first kappa shape index (κ1) is 27.9. The summed E-state index contributed by atoms with van der Waals surface area (Å²) in [4.78, 5) is 30.7. The van der Waals surface area contributed by atoms with Gasteiger partial charge in [0.2, 0.25) is 11.8 Å². The molecule has 2 saturated heterocycles. The lowest BCUT2D eigenvalue weighted by atomic mass is 9.66. The fraction of sp³-hybridized carbons (Fsp3) is 0.485. The Morgan fingerprint density at radius 2 is 1.88 bits per heavy atom. The highest BCUT2D eigenvalue weighted by Gasteiger charge is 2.50. The van der Waals surface area contributed by atoms with E-state index in [2.05, 4.69) is 39.5 Å². The number of amides is 2. The van der Waals surface area contributed by atoms with Gasteiger partial charge < -0.3 is 9.84 Å². The minimum Gasteiger partial charge on any atom is -0.384 e. The highest BCUT2D eigenvalue weighted by Crippen LogP contribution is 2.48. The van der Waals surface area contributed by atoms with Gasteiger partial charge in [0.1, 0.15) is 5.82 Å². The van der Waals surface area contributed by atoms with Crippen LogP contribution in [0.4, 0.5) is 4.39 Å². The predicted molar refractivity (Wildman–Crippen MR) is 153 cm³/mol. The van der Waals surface area contributed by atoms with Gasteiger partial charge in [0.25, 0.3) is 0 Å². The number of carbonyl (C=O) groups is 2. The minimum absolute atomic E-state index is 0.135. The Morgan fingerprint density at radius 1 is 1.12 bits per heavy atom. The summed E-state index contributed by atoms with van der Waals surface area (Å²) in [6.45, 7) is 5.94. The molecule has 1 aromatic heterocycles. The molecular formula is C33H38FN3O4. The van der Waals surface area contributed by atoms with Gasteiger partial charge in [-0.25, -0.2) is 4.39 Å². The van der Waals surface area contributed by atoms with Gasteiger partial charge in [0.05, 0.1) is 22.6 Å². The van der Waals surface area contributed by atoms with Crippen molar-refractivity contribution in [3.8, 4) is 0 Å². The third-order valence-electron chi connectivity index (χ3n) is 9.87. The number of nitrogens with zero attached hydrogens (tertiary/aromatic N) is 2. The predicted octanol–water partition coefficient (Wildman–Crippen LogP) is 5.04. The molecule has 6 rings (SSSR count). The molecule has 0 spiro atoms. The zero-order valence-electron chi connectivity index (χ0n) is 24.0. The SMILES string of the molecule is COC1(c2ccc(CN3CC[C@](O)(c4ccc5ncc(C6CCC(=O)NC6=O)cc5c4F)C(C)(C)C3)cc2)CCC1. The molecule has 3 aliphatic rings. The van der Waals surface area contributed by atoms with Gasteiger partial charge in [-0.2, -0.15) is 0 Å². The van der Waals surface area contributed by atoms with Crippen LogP contribution in [0.3, 0.4) is 0 Å². The number of halogens is 1. The summed E-state index contributed by atoms with van der Waals surface area (Å²) in [5.41, 5.74) is 1.55. The topological polar surface area (TPSA) is 91.8 Å². The first-order valence-corrected chi connectivity index (χ1v) is 14.6. The molecule has 7 nitrogen and oxygen atoms in total. The summed E-state index contributed by atoms with van der Waals surface area (Å²) in [6, 6.07) is 13.7. The first-order valence-electron chi connectivity index (χ1n) is 14.6. The quantitative estimate of drug-likeness (QED) is 0.411. The molecule has 1 unspecified atom stereocenters. The zero-order valence-corrected chi connectivity index (χ0v) is 24.0. The number of aromatic nitrogens is 1. The van der Waals surface area contributed by atoms with E-state index in [1.807, 2.05) is 13.8 Å². The maximum atomic E-state index is 16.2. The highest BCUT2D eigenvalue weighted by molar-refractivity contribution is 6.01. The van der Waals surface area contributed by atoms with Crippen molar-refractivity contribution in [2.24, 2.45) is 5.41 Å². The van der Waals surface area contributed by atoms with Crippen LogP contribution in [-0.4, -0.2) is 47.0 Å². The Labute approximate surface area is 240 Å². The lowest BCUT2D eigenvalue weighted by molar-refractivity contribution is -0.134. The fourth-order valence-corrected chi connectivity index (χ4v) is 7.04. The Hall–Kier alpha value is -3.20. The molecule has 2 aromatic carbocycles. The summed E-state index contributed by atoms with van der Waals surface area (Å²) >= 11 is 0. The smallest absolute Gasteiger partial charge is 0.234 e. The highest BCUT2D eigenvalue weighted by atomic mass is 19.1. The number of fused-ring (bicyclic) bond motifs is 1. The van der Waals surface area contributed by atoms with Crippen LogP contribution in [0, 0.1) is 11.2 Å². The van der Waals surface area contributed by atoms with E-state index in [9.17, 15) is 14.7 Å². The Bertz CT molecular complexity index is 1490. The maximum Gasteiger partial charge on any atom is 0.234 e. The summed E-state index contributed by atoms with van der Waals surface area (Å²) < 4.78 is 22.0. The maximum absolute atomic E-state index is 16.2. The molecular weight excluding hydrogens is 521 g/mol. The Balaban J connectivity index is 1.22. The first-order chi connectivity index (χ1) is 19.5. The number of carbonyl (C=O) groups excluding carboxylic acids is 2. The standard InChI is InChI=1S/C33H38FN3O4/c1-31(2)20-37(19-21-5-7-23(8-6-21)32(41-3)13-4-14-32)16-15-33(31,40)26-10-11-27-25(29(26)34)17-22(18-35-27)24-9-12-28(38)36-30(24)39/h5-8,10-11,17-18,24,40H,4,9,12-16,19-20H2,1-3H3,(H,36,38,39)/t24?,33-/m0/s1. The number of likely N-dealkylation sites (tertiary alicyclic amines) is 1. The number of nitrogens with one attached hydrogen (secondary N) is 1. The minimum atomic E-state index is -1.38. The van der Waals surface area contributed by atoms with E-state index in [1.54, 1.807) is 31.5 Å². The molecule has 3 aromatic rings. The molecule has 0 bridgehead atoms. The average Bonchev–Trinajstić information content (AvgIpc) is 2.91. The van der Waals surface area contributed by atoms with E-state index >= 15 is 4.39 Å². The molecule has 1 aliphatic carbocycles. The zero-order chi connectivity index (χ0) is 29.0. The van der Waals surface area contributed by atoms with Crippen LogP contribution in [0.15, 0.2) is 48.7 Å². The van der Waals surface area contributed by atoms with Crippen LogP contribution in [0.5, 0.6) is 0 Å². The van der Waals surface area contributed by atoms with Crippen LogP contribution >= 0.6 is 0 Å². The summed E-state index contributed by atoms with van der Waals surface area (Å²) in [5, 5.41) is 14.7. The molecule has 1 saturated carbocycles. The molecule has 41 heavy (non-hydrogen) atoms. The van der Waals surface area contributed by atoms with Gasteiger partial charge in [-0.15, -0.1) is 0 Å². The second-order valence-electron chi connectivity index (χ2n) is 12.7.